The lowest BCUT2D eigenvalue weighted by molar-refractivity contribution is -0.305. The summed E-state index contributed by atoms with van der Waals surface area (Å²) >= 11 is 0. The zero-order valence-corrected chi connectivity index (χ0v) is 8.79. The Kier molecular flexibility index (Phi) is 5.84. The number of ether oxygens (including phenoxy) is 1. The third-order valence-corrected chi connectivity index (χ3v) is 1.65. The second-order valence-corrected chi connectivity index (χ2v) is 2.98. The van der Waals surface area contributed by atoms with Crippen LogP contribution in [-0.2, 0) is 4.74 Å². The summed E-state index contributed by atoms with van der Waals surface area (Å²) in [5.74, 6) is -0.322. The van der Waals surface area contributed by atoms with Crippen molar-refractivity contribution >= 4 is 0 Å². The fraction of sp³-hybridized carbons (Fsp3) is 0.400. The minimum absolute atomic E-state index is 0.315. The molecule has 0 rings (SSSR count). The number of hydrogen-bond donors (Lipinski definition) is 2. The Labute approximate surface area is 91.7 Å². The van der Waals surface area contributed by atoms with Crippen LogP contribution < -0.4 is 5.73 Å². The van der Waals surface area contributed by atoms with E-state index in [1.54, 1.807) is 0 Å². The first-order chi connectivity index (χ1) is 7.30. The molecule has 0 bridgehead atoms. The molecule has 0 spiro atoms. The van der Waals surface area contributed by atoms with Gasteiger partial charge in [0.25, 0.3) is 0 Å². The van der Waals surface area contributed by atoms with E-state index >= 15 is 0 Å². The summed E-state index contributed by atoms with van der Waals surface area (Å²) in [6, 6.07) is -0.674. The van der Waals surface area contributed by atoms with Gasteiger partial charge in [-0.3, -0.25) is 0 Å². The van der Waals surface area contributed by atoms with Crippen molar-refractivity contribution in [1.82, 2.24) is 0 Å². The van der Waals surface area contributed by atoms with Crippen molar-refractivity contribution in [3.63, 3.8) is 0 Å². The lowest BCUT2D eigenvalue weighted by Gasteiger charge is -2.10. The van der Waals surface area contributed by atoms with Crippen LogP contribution in [0.1, 0.15) is 6.92 Å². The quantitative estimate of drug-likeness (QED) is 0.566. The van der Waals surface area contributed by atoms with Gasteiger partial charge in [0.15, 0.2) is 0 Å². The van der Waals surface area contributed by atoms with Crippen LogP contribution in [0.5, 0.6) is 0 Å². The van der Waals surface area contributed by atoms with E-state index in [2.05, 4.69) is 11.3 Å². The molecule has 3 N–H and O–H groups in total. The zero-order valence-electron chi connectivity index (χ0n) is 8.79. The van der Waals surface area contributed by atoms with Gasteiger partial charge in [-0.2, -0.15) is 0 Å². The fourth-order valence-electron chi connectivity index (χ4n) is 0.879. The lowest BCUT2D eigenvalue weighted by atomic mass is 10.1. The third kappa shape index (κ3) is 6.26. The number of hydrogen-bond acceptors (Lipinski definition) is 3. The van der Waals surface area contributed by atoms with Crippen LogP contribution in [0.25, 0.3) is 0 Å². The van der Waals surface area contributed by atoms with Crippen molar-refractivity contribution in [3.05, 3.63) is 36.1 Å². The van der Waals surface area contributed by atoms with Gasteiger partial charge in [-0.1, -0.05) is 18.7 Å². The van der Waals surface area contributed by atoms with Gasteiger partial charge in [-0.05, 0) is 18.6 Å². The maximum absolute atomic E-state index is 11.8. The van der Waals surface area contributed by atoms with Gasteiger partial charge in [0.1, 0.15) is 5.76 Å². The van der Waals surface area contributed by atoms with E-state index in [-0.39, 0.29) is 12.4 Å². The highest BCUT2D eigenvalue weighted by Gasteiger charge is 2.30. The topological polar surface area (TPSA) is 55.5 Å². The molecule has 1 atom stereocenters. The van der Waals surface area contributed by atoms with Gasteiger partial charge in [0, 0.05) is 0 Å². The molecule has 0 fully saturated rings. The first-order valence-electron chi connectivity index (χ1n) is 4.43. The van der Waals surface area contributed by atoms with Gasteiger partial charge in [-0.15, -0.1) is 13.2 Å². The van der Waals surface area contributed by atoms with Crippen molar-refractivity contribution in [1.29, 1.82) is 0 Å². The number of halogens is 3. The standard InChI is InChI=1S/C10H14F3NO2/c1-3-8(9(14)6-15)5-4-7(2)16-10(11,12)13/h3-5,9,15H,1,6,14H2,2H3/b7-4+,8-5+. The second kappa shape index (κ2) is 6.34. The summed E-state index contributed by atoms with van der Waals surface area (Å²) in [7, 11) is 0. The van der Waals surface area contributed by atoms with E-state index in [9.17, 15) is 13.2 Å². The highest BCUT2D eigenvalue weighted by atomic mass is 19.4. The summed E-state index contributed by atoms with van der Waals surface area (Å²) in [4.78, 5) is 0. The average Bonchev–Trinajstić information content (AvgIpc) is 2.15. The highest BCUT2D eigenvalue weighted by molar-refractivity contribution is 5.27. The Morgan fingerprint density at radius 3 is 2.44 bits per heavy atom. The van der Waals surface area contributed by atoms with Crippen LogP contribution >= 0.6 is 0 Å². The smallest absolute Gasteiger partial charge is 0.411 e. The molecule has 3 nitrogen and oxygen atoms in total. The fourth-order valence-corrected chi connectivity index (χ4v) is 0.879. The van der Waals surface area contributed by atoms with E-state index in [0.717, 1.165) is 13.0 Å². The van der Waals surface area contributed by atoms with Crippen LogP contribution in [0, 0.1) is 0 Å². The molecular weight excluding hydrogens is 223 g/mol. The largest absolute Gasteiger partial charge is 0.572 e. The highest BCUT2D eigenvalue weighted by Crippen LogP contribution is 2.20. The van der Waals surface area contributed by atoms with Crippen LogP contribution in [0.15, 0.2) is 36.1 Å². The molecule has 0 aliphatic rings. The van der Waals surface area contributed by atoms with E-state index in [4.69, 9.17) is 10.8 Å². The molecule has 92 valence electrons. The zero-order chi connectivity index (χ0) is 12.8. The number of alkyl halides is 3. The van der Waals surface area contributed by atoms with Crippen molar-refractivity contribution in [2.24, 2.45) is 5.73 Å². The first-order valence-corrected chi connectivity index (χ1v) is 4.43. The van der Waals surface area contributed by atoms with Crippen LogP contribution in [-0.4, -0.2) is 24.1 Å². The van der Waals surface area contributed by atoms with Gasteiger partial charge < -0.3 is 15.6 Å². The molecule has 16 heavy (non-hydrogen) atoms. The maximum Gasteiger partial charge on any atom is 0.572 e. The Morgan fingerprint density at radius 2 is 2.06 bits per heavy atom. The van der Waals surface area contributed by atoms with E-state index < -0.39 is 12.4 Å². The molecule has 0 aromatic heterocycles. The Balaban J connectivity index is 4.63. The molecule has 0 heterocycles. The Bertz CT molecular complexity index is 295. The second-order valence-electron chi connectivity index (χ2n) is 2.98. The van der Waals surface area contributed by atoms with E-state index in [1.165, 1.54) is 12.2 Å². The molecule has 0 aliphatic carbocycles. The van der Waals surface area contributed by atoms with Gasteiger partial charge in [-0.25, -0.2) is 0 Å². The molecule has 0 amide bonds. The molecule has 0 aromatic rings. The van der Waals surface area contributed by atoms with Crippen molar-refractivity contribution in [2.75, 3.05) is 6.61 Å². The van der Waals surface area contributed by atoms with Crippen molar-refractivity contribution in [2.45, 2.75) is 19.3 Å². The molecule has 0 radical (unpaired) electrons. The Hall–Kier alpha value is -1.27. The average molecular weight is 237 g/mol. The first kappa shape index (κ1) is 14.7. The molecule has 1 unspecified atom stereocenters. The van der Waals surface area contributed by atoms with Gasteiger partial charge in [0.05, 0.1) is 12.6 Å². The summed E-state index contributed by atoms with van der Waals surface area (Å²) in [5, 5.41) is 8.74. The third-order valence-electron chi connectivity index (χ3n) is 1.65. The molecule has 0 aromatic carbocycles. The summed E-state index contributed by atoms with van der Waals surface area (Å²) in [6.45, 7) is 4.28. The number of aliphatic hydroxyl groups excluding tert-OH is 1. The normalized spacial score (nSPS) is 15.9. The monoisotopic (exact) mass is 237 g/mol. The molecule has 0 saturated carbocycles. The summed E-state index contributed by atoms with van der Waals surface area (Å²) < 4.78 is 38.9. The molecule has 0 saturated heterocycles. The number of aliphatic hydroxyl groups is 1. The number of nitrogens with two attached hydrogens (primary N) is 1. The predicted octanol–water partition coefficient (Wildman–Crippen LogP) is 1.86. The van der Waals surface area contributed by atoms with E-state index in [0.29, 0.717) is 5.57 Å². The lowest BCUT2D eigenvalue weighted by Crippen LogP contribution is -2.25. The van der Waals surface area contributed by atoms with Crippen LogP contribution in [0.2, 0.25) is 0 Å². The minimum atomic E-state index is -4.71. The number of allylic oxidation sites excluding steroid dienone is 3. The van der Waals surface area contributed by atoms with Gasteiger partial charge in [0.2, 0.25) is 0 Å². The summed E-state index contributed by atoms with van der Waals surface area (Å²) in [6.07, 6.45) is -0.922. The maximum atomic E-state index is 11.8. The number of rotatable bonds is 5. The van der Waals surface area contributed by atoms with Crippen molar-refractivity contribution < 1.29 is 23.0 Å². The van der Waals surface area contributed by atoms with Crippen LogP contribution in [0.3, 0.4) is 0 Å². The molecular formula is C10H14F3NO2. The van der Waals surface area contributed by atoms with Crippen molar-refractivity contribution in [3.8, 4) is 0 Å². The van der Waals surface area contributed by atoms with E-state index in [1.807, 2.05) is 0 Å². The Morgan fingerprint density at radius 1 is 1.50 bits per heavy atom. The summed E-state index contributed by atoms with van der Waals surface area (Å²) in [5.41, 5.74) is 5.88. The molecule has 0 aliphatic heterocycles. The predicted molar refractivity (Wildman–Crippen MR) is 54.2 cm³/mol. The van der Waals surface area contributed by atoms with Crippen LogP contribution in [0.4, 0.5) is 13.2 Å². The SMILES string of the molecule is C=C/C(=C\C=C(/C)OC(F)(F)F)C(N)CO. The molecule has 6 heteroatoms. The van der Waals surface area contributed by atoms with Gasteiger partial charge >= 0.3 is 6.36 Å². The minimum Gasteiger partial charge on any atom is -0.411 e.